The number of aromatic nitrogens is 1. The van der Waals surface area contributed by atoms with E-state index in [1.165, 1.54) is 19.3 Å². The molecule has 2 heterocycles. The average Bonchev–Trinajstić information content (AvgIpc) is 3.02. The number of piperidine rings is 1. The summed E-state index contributed by atoms with van der Waals surface area (Å²) in [5.41, 5.74) is 0.322. The van der Waals surface area contributed by atoms with Crippen molar-refractivity contribution in [1.29, 1.82) is 0 Å². The number of nitrogens with zero attached hydrogens (tertiary/aromatic N) is 2. The standard InChI is InChI=1S/C17H25N3O3/c1-12-11-15(19-23-12)16(21)18-14-7-9-20(10-8-14)17(22)13-5-3-2-4-6-13/h11,13-14H,2-10H2,1H3,(H,18,21). The first-order chi connectivity index (χ1) is 11.1. The van der Waals surface area contributed by atoms with Gasteiger partial charge in [0, 0.05) is 31.1 Å². The maximum atomic E-state index is 12.5. The van der Waals surface area contributed by atoms with Crippen molar-refractivity contribution >= 4 is 11.8 Å². The maximum Gasteiger partial charge on any atom is 0.273 e. The van der Waals surface area contributed by atoms with E-state index < -0.39 is 0 Å². The summed E-state index contributed by atoms with van der Waals surface area (Å²) in [5.74, 6) is 0.983. The molecule has 1 saturated carbocycles. The smallest absolute Gasteiger partial charge is 0.273 e. The van der Waals surface area contributed by atoms with Gasteiger partial charge in [-0.25, -0.2) is 0 Å². The molecule has 23 heavy (non-hydrogen) atoms. The van der Waals surface area contributed by atoms with Crippen LogP contribution >= 0.6 is 0 Å². The molecule has 0 atom stereocenters. The molecule has 1 aliphatic heterocycles. The second kappa shape index (κ2) is 7.15. The highest BCUT2D eigenvalue weighted by Gasteiger charge is 2.29. The zero-order valence-electron chi connectivity index (χ0n) is 13.7. The van der Waals surface area contributed by atoms with Crippen molar-refractivity contribution in [3.05, 3.63) is 17.5 Å². The monoisotopic (exact) mass is 319 g/mol. The third kappa shape index (κ3) is 3.92. The quantitative estimate of drug-likeness (QED) is 0.927. The van der Waals surface area contributed by atoms with E-state index in [1.807, 2.05) is 4.90 Å². The van der Waals surface area contributed by atoms with Gasteiger partial charge in [0.25, 0.3) is 5.91 Å². The molecule has 126 valence electrons. The molecule has 1 aromatic rings. The van der Waals surface area contributed by atoms with Crippen molar-refractivity contribution in [2.45, 2.75) is 57.9 Å². The zero-order chi connectivity index (χ0) is 16.2. The first-order valence-corrected chi connectivity index (χ1v) is 8.66. The Bertz CT molecular complexity index is 555. The lowest BCUT2D eigenvalue weighted by atomic mass is 9.87. The van der Waals surface area contributed by atoms with Gasteiger partial charge in [0.2, 0.25) is 5.91 Å². The van der Waals surface area contributed by atoms with E-state index in [0.717, 1.165) is 38.8 Å². The van der Waals surface area contributed by atoms with Gasteiger partial charge in [-0.2, -0.15) is 0 Å². The normalized spacial score (nSPS) is 20.5. The number of aryl methyl sites for hydroxylation is 1. The molecule has 2 aliphatic rings. The van der Waals surface area contributed by atoms with Gasteiger partial charge < -0.3 is 14.7 Å². The van der Waals surface area contributed by atoms with Crippen LogP contribution in [0, 0.1) is 12.8 Å². The number of hydrogen-bond donors (Lipinski definition) is 1. The minimum absolute atomic E-state index is 0.106. The Labute approximate surface area is 136 Å². The molecular weight excluding hydrogens is 294 g/mol. The van der Waals surface area contributed by atoms with E-state index >= 15 is 0 Å². The van der Waals surface area contributed by atoms with Crippen molar-refractivity contribution in [1.82, 2.24) is 15.4 Å². The van der Waals surface area contributed by atoms with Gasteiger partial charge in [0.05, 0.1) is 0 Å². The molecule has 0 unspecified atom stereocenters. The summed E-state index contributed by atoms with van der Waals surface area (Å²) in [7, 11) is 0. The molecule has 1 saturated heterocycles. The lowest BCUT2D eigenvalue weighted by Gasteiger charge is -2.35. The highest BCUT2D eigenvalue weighted by molar-refractivity contribution is 5.92. The lowest BCUT2D eigenvalue weighted by molar-refractivity contribution is -0.137. The summed E-state index contributed by atoms with van der Waals surface area (Å²) < 4.78 is 4.93. The fraction of sp³-hybridized carbons (Fsp3) is 0.706. The van der Waals surface area contributed by atoms with Crippen LogP contribution < -0.4 is 5.32 Å². The first-order valence-electron chi connectivity index (χ1n) is 8.66. The molecule has 2 amide bonds. The number of carbonyl (C=O) groups is 2. The van der Waals surface area contributed by atoms with Crippen LogP contribution in [0.25, 0.3) is 0 Å². The van der Waals surface area contributed by atoms with Crippen LogP contribution in [-0.2, 0) is 4.79 Å². The summed E-state index contributed by atoms with van der Waals surface area (Å²) >= 11 is 0. The molecule has 0 aromatic carbocycles. The Hall–Kier alpha value is -1.85. The number of carbonyl (C=O) groups excluding carboxylic acids is 2. The van der Waals surface area contributed by atoms with Crippen LogP contribution in [0.3, 0.4) is 0 Å². The molecule has 6 nitrogen and oxygen atoms in total. The Balaban J connectivity index is 1.46. The predicted octanol–water partition coefficient (Wildman–Crippen LogP) is 2.28. The minimum Gasteiger partial charge on any atom is -0.361 e. The third-order valence-electron chi connectivity index (χ3n) is 4.96. The fourth-order valence-corrected chi connectivity index (χ4v) is 3.58. The van der Waals surface area contributed by atoms with E-state index in [1.54, 1.807) is 13.0 Å². The van der Waals surface area contributed by atoms with Crippen molar-refractivity contribution in [2.24, 2.45) is 5.92 Å². The Morgan fingerprint density at radius 1 is 1.17 bits per heavy atom. The maximum absolute atomic E-state index is 12.5. The molecule has 0 radical (unpaired) electrons. The van der Waals surface area contributed by atoms with Crippen molar-refractivity contribution in [3.8, 4) is 0 Å². The van der Waals surface area contributed by atoms with Gasteiger partial charge in [-0.1, -0.05) is 24.4 Å². The largest absolute Gasteiger partial charge is 0.361 e. The molecular formula is C17H25N3O3. The number of hydrogen-bond acceptors (Lipinski definition) is 4. The van der Waals surface area contributed by atoms with Crippen LogP contribution in [0.15, 0.2) is 10.6 Å². The Morgan fingerprint density at radius 2 is 1.87 bits per heavy atom. The summed E-state index contributed by atoms with van der Waals surface area (Å²) in [6, 6.07) is 1.74. The van der Waals surface area contributed by atoms with Crippen molar-refractivity contribution in [2.75, 3.05) is 13.1 Å². The minimum atomic E-state index is -0.195. The molecule has 0 bridgehead atoms. The van der Waals surface area contributed by atoms with Crippen LogP contribution in [0.4, 0.5) is 0 Å². The molecule has 6 heteroatoms. The van der Waals surface area contributed by atoms with Gasteiger partial charge in [0.15, 0.2) is 5.69 Å². The summed E-state index contributed by atoms with van der Waals surface area (Å²) in [6.07, 6.45) is 7.32. The Morgan fingerprint density at radius 3 is 2.48 bits per heavy atom. The van der Waals surface area contributed by atoms with Crippen molar-refractivity contribution < 1.29 is 14.1 Å². The topological polar surface area (TPSA) is 75.4 Å². The van der Waals surface area contributed by atoms with Gasteiger partial charge in [-0.3, -0.25) is 9.59 Å². The van der Waals surface area contributed by atoms with E-state index in [-0.39, 0.29) is 17.9 Å². The SMILES string of the molecule is Cc1cc(C(=O)NC2CCN(C(=O)C3CCCCC3)CC2)no1. The number of likely N-dealkylation sites (tertiary alicyclic amines) is 1. The third-order valence-corrected chi connectivity index (χ3v) is 4.96. The fourth-order valence-electron chi connectivity index (χ4n) is 3.58. The van der Waals surface area contributed by atoms with E-state index in [4.69, 9.17) is 4.52 Å². The number of amides is 2. The average molecular weight is 319 g/mol. The van der Waals surface area contributed by atoms with Crippen LogP contribution in [-0.4, -0.2) is 41.0 Å². The molecule has 1 aliphatic carbocycles. The zero-order valence-corrected chi connectivity index (χ0v) is 13.7. The van der Waals surface area contributed by atoms with Crippen molar-refractivity contribution in [3.63, 3.8) is 0 Å². The highest BCUT2D eigenvalue weighted by Crippen LogP contribution is 2.26. The van der Waals surface area contributed by atoms with E-state index in [9.17, 15) is 9.59 Å². The van der Waals surface area contributed by atoms with Gasteiger partial charge >= 0.3 is 0 Å². The van der Waals surface area contributed by atoms with Gasteiger partial charge in [0.1, 0.15) is 5.76 Å². The van der Waals surface area contributed by atoms with E-state index in [2.05, 4.69) is 10.5 Å². The Kier molecular flexibility index (Phi) is 4.98. The first kappa shape index (κ1) is 16.0. The summed E-state index contributed by atoms with van der Waals surface area (Å²) in [4.78, 5) is 26.6. The number of rotatable bonds is 3. The molecule has 3 rings (SSSR count). The predicted molar refractivity (Wildman–Crippen MR) is 84.9 cm³/mol. The van der Waals surface area contributed by atoms with Gasteiger partial charge in [-0.15, -0.1) is 0 Å². The second-order valence-electron chi connectivity index (χ2n) is 6.73. The number of nitrogens with one attached hydrogen (secondary N) is 1. The molecule has 0 spiro atoms. The van der Waals surface area contributed by atoms with Gasteiger partial charge in [-0.05, 0) is 32.6 Å². The second-order valence-corrected chi connectivity index (χ2v) is 6.73. The molecule has 2 fully saturated rings. The lowest BCUT2D eigenvalue weighted by Crippen LogP contribution is -2.48. The van der Waals surface area contributed by atoms with Crippen LogP contribution in [0.1, 0.15) is 61.2 Å². The van der Waals surface area contributed by atoms with E-state index in [0.29, 0.717) is 17.4 Å². The summed E-state index contributed by atoms with van der Waals surface area (Å²) in [6.45, 7) is 3.23. The van der Waals surface area contributed by atoms with Crippen LogP contribution in [0.5, 0.6) is 0 Å². The summed E-state index contributed by atoms with van der Waals surface area (Å²) in [5, 5.41) is 6.72. The molecule has 1 aromatic heterocycles. The highest BCUT2D eigenvalue weighted by atomic mass is 16.5. The van der Waals surface area contributed by atoms with Crippen LogP contribution in [0.2, 0.25) is 0 Å². The molecule has 1 N–H and O–H groups in total.